The summed E-state index contributed by atoms with van der Waals surface area (Å²) in [7, 11) is 8.51. The number of nitrogens with zero attached hydrogens (tertiary/aromatic N) is 3. The summed E-state index contributed by atoms with van der Waals surface area (Å²) in [4.78, 5) is 31.4. The third-order valence-corrected chi connectivity index (χ3v) is 8.30. The van der Waals surface area contributed by atoms with Gasteiger partial charge in [0.1, 0.15) is 0 Å². The summed E-state index contributed by atoms with van der Waals surface area (Å²) in [6.07, 6.45) is -3.25. The van der Waals surface area contributed by atoms with Crippen molar-refractivity contribution >= 4 is 11.9 Å². The quantitative estimate of drug-likeness (QED) is 0.367. The molecule has 2 aromatic rings. The third kappa shape index (κ3) is 6.86. The van der Waals surface area contributed by atoms with E-state index in [0.29, 0.717) is 55.5 Å². The summed E-state index contributed by atoms with van der Waals surface area (Å²) in [5.74, 6) is -2.62. The molecule has 0 fully saturated rings. The Balaban J connectivity index is 1.74. The monoisotopic (exact) mass is 617 g/mol. The van der Waals surface area contributed by atoms with Gasteiger partial charge in [0.05, 0.1) is 36.8 Å². The highest BCUT2D eigenvalue weighted by atomic mass is 19.4. The average molecular weight is 618 g/mol. The SMILES string of the molecule is COc1cc2c(cc1OC)CN(CCC1=C(C(=O)O)C(c3ccc(C(F)(F)F)cc3)C(C(=O)O)=C(CCN(C)C)N1C)CC2. The highest BCUT2D eigenvalue weighted by Gasteiger charge is 2.41. The molecule has 2 aromatic carbocycles. The Morgan fingerprint density at radius 2 is 1.48 bits per heavy atom. The molecule has 0 spiro atoms. The smallest absolute Gasteiger partial charge is 0.416 e. The van der Waals surface area contributed by atoms with Crippen LogP contribution in [0.4, 0.5) is 13.2 Å². The van der Waals surface area contributed by atoms with Crippen molar-refractivity contribution in [3.05, 3.63) is 81.2 Å². The first-order chi connectivity index (χ1) is 20.8. The molecular formula is C32H38F3N3O6. The molecule has 1 atom stereocenters. The van der Waals surface area contributed by atoms with Crippen molar-refractivity contribution in [1.82, 2.24) is 14.7 Å². The van der Waals surface area contributed by atoms with Gasteiger partial charge in [-0.1, -0.05) is 12.1 Å². The Labute approximate surface area is 254 Å². The van der Waals surface area contributed by atoms with Gasteiger partial charge < -0.3 is 29.5 Å². The van der Waals surface area contributed by atoms with Crippen LogP contribution in [0.5, 0.6) is 11.5 Å². The van der Waals surface area contributed by atoms with Crippen molar-refractivity contribution in [2.24, 2.45) is 0 Å². The number of halogens is 3. The van der Waals surface area contributed by atoms with Crippen LogP contribution in [-0.4, -0.2) is 91.8 Å². The van der Waals surface area contributed by atoms with Gasteiger partial charge in [-0.3, -0.25) is 4.90 Å². The van der Waals surface area contributed by atoms with Gasteiger partial charge in [0.25, 0.3) is 0 Å². The minimum absolute atomic E-state index is 0.150. The number of carboxylic acid groups (broad SMARTS) is 2. The fraction of sp³-hybridized carbons (Fsp3) is 0.438. The number of fused-ring (bicyclic) bond motifs is 1. The number of benzene rings is 2. The lowest BCUT2D eigenvalue weighted by Gasteiger charge is -2.39. The maximum absolute atomic E-state index is 13.3. The van der Waals surface area contributed by atoms with Crippen molar-refractivity contribution in [1.29, 1.82) is 0 Å². The number of rotatable bonds is 11. The molecule has 0 bridgehead atoms. The molecule has 0 amide bonds. The molecule has 44 heavy (non-hydrogen) atoms. The number of methoxy groups -OCH3 is 2. The van der Waals surface area contributed by atoms with Gasteiger partial charge in [-0.25, -0.2) is 9.59 Å². The first-order valence-corrected chi connectivity index (χ1v) is 14.2. The van der Waals surface area contributed by atoms with Crippen molar-refractivity contribution in [3.63, 3.8) is 0 Å². The van der Waals surface area contributed by atoms with Gasteiger partial charge in [0.15, 0.2) is 11.5 Å². The molecule has 0 radical (unpaired) electrons. The van der Waals surface area contributed by atoms with E-state index >= 15 is 0 Å². The second kappa shape index (κ2) is 13.3. The Morgan fingerprint density at radius 3 is 1.98 bits per heavy atom. The van der Waals surface area contributed by atoms with E-state index in [1.807, 2.05) is 31.1 Å². The number of carboxylic acids is 2. The summed E-state index contributed by atoms with van der Waals surface area (Å²) >= 11 is 0. The molecule has 0 saturated heterocycles. The van der Waals surface area contributed by atoms with Crippen molar-refractivity contribution < 1.29 is 42.4 Å². The number of alkyl halides is 3. The largest absolute Gasteiger partial charge is 0.493 e. The fourth-order valence-electron chi connectivity index (χ4n) is 6.02. The lowest BCUT2D eigenvalue weighted by molar-refractivity contribution is -0.138. The number of hydrogen-bond donors (Lipinski definition) is 2. The Morgan fingerprint density at radius 1 is 0.932 bits per heavy atom. The predicted octanol–water partition coefficient (Wildman–Crippen LogP) is 4.83. The highest BCUT2D eigenvalue weighted by molar-refractivity contribution is 5.98. The van der Waals surface area contributed by atoms with Gasteiger partial charge in [-0.15, -0.1) is 0 Å². The molecule has 0 aliphatic carbocycles. The van der Waals surface area contributed by atoms with Gasteiger partial charge in [0, 0.05) is 57.5 Å². The zero-order valence-corrected chi connectivity index (χ0v) is 25.5. The first-order valence-electron chi connectivity index (χ1n) is 14.2. The second-order valence-electron chi connectivity index (χ2n) is 11.2. The van der Waals surface area contributed by atoms with Crippen LogP contribution in [0, 0.1) is 0 Å². The number of carbonyl (C=O) groups is 2. The second-order valence-corrected chi connectivity index (χ2v) is 11.2. The van der Waals surface area contributed by atoms with Crippen molar-refractivity contribution in [2.75, 3.05) is 55.0 Å². The van der Waals surface area contributed by atoms with Gasteiger partial charge in [-0.05, 0) is 61.5 Å². The van der Waals surface area contributed by atoms with E-state index in [9.17, 15) is 33.0 Å². The summed E-state index contributed by atoms with van der Waals surface area (Å²) in [6.45, 7) is 2.28. The van der Waals surface area contributed by atoms with Crippen LogP contribution < -0.4 is 9.47 Å². The molecule has 2 heterocycles. The molecule has 238 valence electrons. The zero-order chi connectivity index (χ0) is 32.3. The van der Waals surface area contributed by atoms with Crippen LogP contribution in [0.1, 0.15) is 41.0 Å². The molecule has 2 N–H and O–H groups in total. The molecule has 4 rings (SSSR count). The van der Waals surface area contributed by atoms with Crippen LogP contribution in [0.25, 0.3) is 0 Å². The first kappa shape index (κ1) is 32.9. The van der Waals surface area contributed by atoms with Crippen LogP contribution in [0.2, 0.25) is 0 Å². The van der Waals surface area contributed by atoms with E-state index in [2.05, 4.69) is 4.90 Å². The topological polar surface area (TPSA) is 103 Å². The van der Waals surface area contributed by atoms with E-state index in [4.69, 9.17) is 9.47 Å². The summed E-state index contributed by atoms with van der Waals surface area (Å²) in [5.41, 5.74) is 2.04. The molecule has 0 aromatic heterocycles. The molecule has 0 saturated carbocycles. The normalized spacial score (nSPS) is 17.7. The Kier molecular flexibility index (Phi) is 9.94. The fourth-order valence-corrected chi connectivity index (χ4v) is 6.02. The van der Waals surface area contributed by atoms with Crippen LogP contribution in [0.3, 0.4) is 0 Å². The standard InChI is InChI=1S/C32H38F3N3O6/c1-36(2)13-11-23-28(30(39)40)27(19-6-8-22(9-7-19)32(33,34)35)29(31(41)42)24(37(23)3)12-15-38-14-10-20-16-25(43-4)26(44-5)17-21(20)18-38/h6-9,16-17,27H,10-15,18H2,1-5H3,(H,39,40)(H,41,42). The van der Waals surface area contributed by atoms with E-state index in [1.54, 1.807) is 26.2 Å². The van der Waals surface area contributed by atoms with Gasteiger partial charge in [-0.2, -0.15) is 13.2 Å². The van der Waals surface area contributed by atoms with Gasteiger partial charge >= 0.3 is 18.1 Å². The predicted molar refractivity (Wildman–Crippen MR) is 158 cm³/mol. The molecule has 2 aliphatic heterocycles. The van der Waals surface area contributed by atoms with Gasteiger partial charge in [0.2, 0.25) is 0 Å². The minimum Gasteiger partial charge on any atom is -0.493 e. The molecule has 12 heteroatoms. The molecule has 2 aliphatic rings. The highest BCUT2D eigenvalue weighted by Crippen LogP contribution is 2.44. The summed E-state index contributed by atoms with van der Waals surface area (Å²) < 4.78 is 50.9. The maximum Gasteiger partial charge on any atom is 0.416 e. The Bertz CT molecular complexity index is 1470. The maximum atomic E-state index is 13.3. The third-order valence-electron chi connectivity index (χ3n) is 8.30. The lowest BCUT2D eigenvalue weighted by atomic mass is 9.78. The number of aliphatic carboxylic acids is 2. The van der Waals surface area contributed by atoms with E-state index in [1.165, 1.54) is 12.1 Å². The minimum atomic E-state index is -4.59. The Hall–Kier alpha value is -4.03. The van der Waals surface area contributed by atoms with Crippen LogP contribution in [0.15, 0.2) is 58.9 Å². The molecule has 1 unspecified atom stereocenters. The van der Waals surface area contributed by atoms with E-state index < -0.39 is 29.6 Å². The van der Waals surface area contributed by atoms with Crippen molar-refractivity contribution in [3.8, 4) is 11.5 Å². The number of hydrogen-bond acceptors (Lipinski definition) is 7. The van der Waals surface area contributed by atoms with Crippen molar-refractivity contribution in [2.45, 2.75) is 37.9 Å². The summed E-state index contributed by atoms with van der Waals surface area (Å²) in [6, 6.07) is 7.98. The molecule has 9 nitrogen and oxygen atoms in total. The summed E-state index contributed by atoms with van der Waals surface area (Å²) in [5, 5.41) is 20.9. The lowest BCUT2D eigenvalue weighted by Crippen LogP contribution is -2.37. The number of ether oxygens (including phenoxy) is 2. The zero-order valence-electron chi connectivity index (χ0n) is 25.5. The average Bonchev–Trinajstić information content (AvgIpc) is 2.97. The van der Waals surface area contributed by atoms with Crippen LogP contribution >= 0.6 is 0 Å². The molecular weight excluding hydrogens is 579 g/mol. The van der Waals surface area contributed by atoms with Crippen LogP contribution in [-0.2, 0) is 28.7 Å². The van der Waals surface area contributed by atoms with E-state index in [0.717, 1.165) is 29.7 Å². The van der Waals surface area contributed by atoms with E-state index in [-0.39, 0.29) is 23.1 Å².